The Labute approximate surface area is 250 Å². The molecule has 1 N–H and O–H groups in total. The van der Waals surface area contributed by atoms with Crippen LogP contribution in [-0.4, -0.2) is 88.1 Å². The normalized spacial score (nSPS) is 21.3. The lowest BCUT2D eigenvalue weighted by atomic mass is 9.72. The lowest BCUT2D eigenvalue weighted by Gasteiger charge is -2.54. The molecule has 4 heterocycles. The van der Waals surface area contributed by atoms with Crippen molar-refractivity contribution in [1.82, 2.24) is 30.3 Å². The van der Waals surface area contributed by atoms with Gasteiger partial charge in [-0.05, 0) is 82.3 Å². The van der Waals surface area contributed by atoms with Crippen molar-refractivity contribution in [1.29, 1.82) is 0 Å². The third-order valence-corrected chi connectivity index (χ3v) is 8.86. The molecule has 5 rings (SSSR count). The van der Waals surface area contributed by atoms with E-state index < -0.39 is 5.82 Å². The van der Waals surface area contributed by atoms with E-state index in [2.05, 4.69) is 26.4 Å². The number of nitrogens with one attached hydrogen (secondary N) is 1. The highest BCUT2D eigenvalue weighted by Gasteiger charge is 2.48. The molecule has 0 aliphatic carbocycles. The van der Waals surface area contributed by atoms with Crippen molar-refractivity contribution < 1.29 is 18.7 Å². The number of ether oxygens (including phenoxy) is 1. The SMILES string of the molecule is C#CC[C@H]1CCN[C@@H]1C(=O)N1CCC2(CC1)CN(c1nc(Cl)nnc1Oc1ccc(F)cc1C(=O)N(CC)C(C)C)C2. The van der Waals surface area contributed by atoms with Gasteiger partial charge in [-0.1, -0.05) is 0 Å². The molecular weight excluding hydrogens is 561 g/mol. The molecular formula is C30H37ClFN7O3. The summed E-state index contributed by atoms with van der Waals surface area (Å²) in [5.74, 6) is 2.80. The van der Waals surface area contributed by atoms with Crippen molar-refractivity contribution >= 4 is 29.2 Å². The van der Waals surface area contributed by atoms with Gasteiger partial charge in [0.1, 0.15) is 11.6 Å². The number of benzene rings is 1. The first-order valence-electron chi connectivity index (χ1n) is 14.5. The highest BCUT2D eigenvalue weighted by Crippen LogP contribution is 2.45. The first-order chi connectivity index (χ1) is 20.1. The van der Waals surface area contributed by atoms with Gasteiger partial charge in [-0.2, -0.15) is 4.98 Å². The number of rotatable bonds is 8. The number of aromatic nitrogens is 3. The zero-order chi connectivity index (χ0) is 30.0. The van der Waals surface area contributed by atoms with Crippen LogP contribution in [0, 0.1) is 29.5 Å². The van der Waals surface area contributed by atoms with Crippen LogP contribution in [0.5, 0.6) is 11.6 Å². The Morgan fingerprint density at radius 2 is 2.02 bits per heavy atom. The fourth-order valence-electron chi connectivity index (χ4n) is 6.37. The van der Waals surface area contributed by atoms with E-state index in [0.717, 1.165) is 25.8 Å². The molecule has 0 bridgehead atoms. The van der Waals surface area contributed by atoms with Crippen molar-refractivity contribution in [3.05, 3.63) is 34.9 Å². The Kier molecular flexibility index (Phi) is 8.85. The van der Waals surface area contributed by atoms with Crippen molar-refractivity contribution in [2.24, 2.45) is 11.3 Å². The second kappa shape index (κ2) is 12.4. The van der Waals surface area contributed by atoms with Gasteiger partial charge in [0.05, 0.1) is 11.6 Å². The third-order valence-electron chi connectivity index (χ3n) is 8.70. The van der Waals surface area contributed by atoms with Gasteiger partial charge < -0.3 is 24.8 Å². The molecule has 0 saturated carbocycles. The molecule has 10 nitrogen and oxygen atoms in total. The molecule has 2 atom stereocenters. The zero-order valence-corrected chi connectivity index (χ0v) is 25.0. The number of halogens is 2. The van der Waals surface area contributed by atoms with Gasteiger partial charge in [0.25, 0.3) is 11.8 Å². The summed E-state index contributed by atoms with van der Waals surface area (Å²) in [7, 11) is 0. The van der Waals surface area contributed by atoms with Gasteiger partial charge in [0, 0.05) is 50.6 Å². The van der Waals surface area contributed by atoms with Crippen LogP contribution in [0.25, 0.3) is 0 Å². The van der Waals surface area contributed by atoms with E-state index in [1.54, 1.807) is 4.90 Å². The number of anilines is 1. The number of hydrogen-bond donors (Lipinski definition) is 1. The third kappa shape index (κ3) is 6.01. The number of nitrogens with zero attached hydrogens (tertiary/aromatic N) is 6. The lowest BCUT2D eigenvalue weighted by molar-refractivity contribution is -0.136. The first-order valence-corrected chi connectivity index (χ1v) is 14.9. The predicted octanol–water partition coefficient (Wildman–Crippen LogP) is 3.76. The largest absolute Gasteiger partial charge is 0.434 e. The smallest absolute Gasteiger partial charge is 0.282 e. The van der Waals surface area contributed by atoms with Gasteiger partial charge in [-0.3, -0.25) is 9.59 Å². The number of likely N-dealkylation sites (tertiary alicyclic amines) is 1. The van der Waals surface area contributed by atoms with E-state index >= 15 is 0 Å². The summed E-state index contributed by atoms with van der Waals surface area (Å²) in [4.78, 5) is 36.5. The maximum Gasteiger partial charge on any atom is 0.282 e. The second-order valence-electron chi connectivity index (χ2n) is 11.7. The molecule has 3 saturated heterocycles. The maximum absolute atomic E-state index is 14.2. The Balaban J connectivity index is 1.28. The van der Waals surface area contributed by atoms with E-state index in [4.69, 9.17) is 22.8 Å². The van der Waals surface area contributed by atoms with Crippen LogP contribution in [0.3, 0.4) is 0 Å². The van der Waals surface area contributed by atoms with Crippen LogP contribution in [-0.2, 0) is 4.79 Å². The molecule has 0 unspecified atom stereocenters. The molecule has 3 aliphatic rings. The molecule has 224 valence electrons. The molecule has 12 heteroatoms. The minimum absolute atomic E-state index is 0.0304. The van der Waals surface area contributed by atoms with Gasteiger partial charge >= 0.3 is 0 Å². The number of carbonyl (C=O) groups excluding carboxylic acids is 2. The quantitative estimate of drug-likeness (QED) is 0.459. The number of carbonyl (C=O) groups is 2. The summed E-state index contributed by atoms with van der Waals surface area (Å²) in [6, 6.07) is 3.54. The fraction of sp³-hybridized carbons (Fsp3) is 0.567. The van der Waals surface area contributed by atoms with Gasteiger partial charge in [-0.15, -0.1) is 22.5 Å². The summed E-state index contributed by atoms with van der Waals surface area (Å²) in [6.45, 7) is 9.69. The van der Waals surface area contributed by atoms with Crippen LogP contribution in [0.15, 0.2) is 18.2 Å². The standard InChI is InChI=1S/C30H37ClFN7O3/c1-5-7-20-10-13-33-24(20)28(41)37-14-11-30(12-15-37)17-38(18-30)25-26(35-36-29(31)34-25)42-23-9-8-21(32)16-22(23)27(40)39(6-2)19(3)4/h1,8-9,16,19-20,24,33H,6-7,10-15,17-18H2,2-4H3/t20-,24-/m0/s1. The van der Waals surface area contributed by atoms with Gasteiger partial charge in [-0.25, -0.2) is 4.39 Å². The molecule has 2 aromatic rings. The first kappa shape index (κ1) is 30.0. The minimum Gasteiger partial charge on any atom is -0.434 e. The summed E-state index contributed by atoms with van der Waals surface area (Å²) in [6.07, 6.45) is 8.78. The van der Waals surface area contributed by atoms with E-state index in [9.17, 15) is 14.0 Å². The Bertz CT molecular complexity index is 1370. The molecule has 2 amide bonds. The molecule has 3 aliphatic heterocycles. The molecule has 3 fully saturated rings. The number of piperidine rings is 1. The van der Waals surface area contributed by atoms with Crippen molar-refractivity contribution in [2.45, 2.75) is 58.5 Å². The van der Waals surface area contributed by atoms with Crippen LogP contribution in [0.1, 0.15) is 56.8 Å². The van der Waals surface area contributed by atoms with Gasteiger partial charge in [0.15, 0.2) is 5.82 Å². The Morgan fingerprint density at radius 1 is 1.29 bits per heavy atom. The van der Waals surface area contributed by atoms with Crippen molar-refractivity contribution in [3.63, 3.8) is 0 Å². The zero-order valence-electron chi connectivity index (χ0n) is 24.3. The van der Waals surface area contributed by atoms with E-state index in [1.165, 1.54) is 18.2 Å². The number of amides is 2. The molecule has 1 aromatic heterocycles. The van der Waals surface area contributed by atoms with Crippen LogP contribution >= 0.6 is 11.6 Å². The topological polar surface area (TPSA) is 104 Å². The van der Waals surface area contributed by atoms with E-state index in [1.807, 2.05) is 30.6 Å². The number of hydrogen-bond acceptors (Lipinski definition) is 8. The molecule has 1 aromatic carbocycles. The average Bonchev–Trinajstić information content (AvgIpc) is 3.42. The fourth-order valence-corrected chi connectivity index (χ4v) is 6.48. The van der Waals surface area contributed by atoms with E-state index in [0.29, 0.717) is 45.0 Å². The lowest BCUT2D eigenvalue weighted by Crippen LogP contribution is -2.62. The Hall–Kier alpha value is -3.49. The summed E-state index contributed by atoms with van der Waals surface area (Å²) in [5.41, 5.74) is 0.120. The summed E-state index contributed by atoms with van der Waals surface area (Å²) in [5, 5.41) is 11.3. The average molecular weight is 598 g/mol. The van der Waals surface area contributed by atoms with Gasteiger partial charge in [0.2, 0.25) is 11.2 Å². The highest BCUT2D eigenvalue weighted by molar-refractivity contribution is 6.28. The van der Waals surface area contributed by atoms with Crippen LogP contribution in [0.4, 0.5) is 10.2 Å². The van der Waals surface area contributed by atoms with Crippen LogP contribution < -0.4 is 15.0 Å². The number of terminal acetylenes is 1. The second-order valence-corrected chi connectivity index (χ2v) is 12.0. The predicted molar refractivity (Wildman–Crippen MR) is 157 cm³/mol. The molecule has 0 radical (unpaired) electrons. The maximum atomic E-state index is 14.2. The van der Waals surface area contributed by atoms with E-state index in [-0.39, 0.29) is 57.7 Å². The summed E-state index contributed by atoms with van der Waals surface area (Å²) >= 11 is 6.13. The molecule has 42 heavy (non-hydrogen) atoms. The summed E-state index contributed by atoms with van der Waals surface area (Å²) < 4.78 is 20.3. The monoisotopic (exact) mass is 597 g/mol. The minimum atomic E-state index is -0.546. The van der Waals surface area contributed by atoms with Crippen LogP contribution in [0.2, 0.25) is 5.28 Å². The molecule has 1 spiro atoms. The van der Waals surface area contributed by atoms with Crippen molar-refractivity contribution in [2.75, 3.05) is 44.2 Å². The Morgan fingerprint density at radius 3 is 2.69 bits per heavy atom. The highest BCUT2D eigenvalue weighted by atomic mass is 35.5. The van der Waals surface area contributed by atoms with Crippen molar-refractivity contribution in [3.8, 4) is 24.0 Å².